The molecular formula is C12H22O. The molecule has 13 heavy (non-hydrogen) atoms. The van der Waals surface area contributed by atoms with Gasteiger partial charge in [0.2, 0.25) is 0 Å². The van der Waals surface area contributed by atoms with Crippen molar-refractivity contribution in [3.63, 3.8) is 0 Å². The summed E-state index contributed by atoms with van der Waals surface area (Å²) in [6.45, 7) is 9.58. The van der Waals surface area contributed by atoms with Crippen molar-refractivity contribution in [2.45, 2.75) is 40.5 Å². The second-order valence-electron chi connectivity index (χ2n) is 4.93. The summed E-state index contributed by atoms with van der Waals surface area (Å²) in [7, 11) is 0. The summed E-state index contributed by atoms with van der Waals surface area (Å²) in [5.74, 6) is 1.37. The zero-order valence-electron chi connectivity index (χ0n) is 9.30. The van der Waals surface area contributed by atoms with E-state index in [2.05, 4.69) is 33.8 Å². The Bertz CT molecular complexity index is 203. The van der Waals surface area contributed by atoms with Crippen molar-refractivity contribution in [2.75, 3.05) is 6.61 Å². The smallest absolute Gasteiger partial charge is 0.0468 e. The van der Waals surface area contributed by atoms with Gasteiger partial charge >= 0.3 is 0 Å². The second-order valence-corrected chi connectivity index (χ2v) is 4.93. The molecule has 1 aliphatic carbocycles. The average Bonchev–Trinajstić information content (AvgIpc) is 2.08. The van der Waals surface area contributed by atoms with Crippen LogP contribution in [-0.2, 0) is 0 Å². The van der Waals surface area contributed by atoms with Gasteiger partial charge in [0.15, 0.2) is 0 Å². The molecule has 0 unspecified atom stereocenters. The Balaban J connectivity index is 2.80. The van der Waals surface area contributed by atoms with Gasteiger partial charge in [0.1, 0.15) is 0 Å². The van der Waals surface area contributed by atoms with Crippen molar-refractivity contribution in [2.24, 2.45) is 17.3 Å². The zero-order valence-corrected chi connectivity index (χ0v) is 9.30. The number of aliphatic hydroxyl groups excluding tert-OH is 1. The molecule has 1 heteroatoms. The fourth-order valence-corrected chi connectivity index (χ4v) is 2.16. The molecule has 1 aliphatic rings. The average molecular weight is 182 g/mol. The third kappa shape index (κ3) is 1.96. The molecule has 0 saturated carbocycles. The Morgan fingerprint density at radius 2 is 2.08 bits per heavy atom. The van der Waals surface area contributed by atoms with E-state index in [9.17, 15) is 0 Å². The van der Waals surface area contributed by atoms with E-state index in [1.54, 1.807) is 0 Å². The predicted octanol–water partition coefficient (Wildman–Crippen LogP) is 3.00. The third-order valence-electron chi connectivity index (χ3n) is 4.08. The number of hydrogen-bond donors (Lipinski definition) is 1. The minimum atomic E-state index is 0.292. The van der Waals surface area contributed by atoms with E-state index < -0.39 is 0 Å². The van der Waals surface area contributed by atoms with Crippen molar-refractivity contribution in [1.29, 1.82) is 0 Å². The van der Waals surface area contributed by atoms with Gasteiger partial charge in [-0.2, -0.15) is 0 Å². The van der Waals surface area contributed by atoms with Gasteiger partial charge in [-0.15, -0.1) is 0 Å². The molecule has 1 N–H and O–H groups in total. The Hall–Kier alpha value is -0.300. The van der Waals surface area contributed by atoms with Crippen molar-refractivity contribution < 1.29 is 5.11 Å². The molecule has 0 aliphatic heterocycles. The first-order chi connectivity index (χ1) is 6.00. The van der Waals surface area contributed by atoms with Gasteiger partial charge in [-0.05, 0) is 30.1 Å². The Labute approximate surface area is 81.9 Å². The summed E-state index contributed by atoms with van der Waals surface area (Å²) in [5.41, 5.74) is 1.84. The van der Waals surface area contributed by atoms with Crippen molar-refractivity contribution >= 4 is 0 Å². The fraction of sp³-hybridized carbons (Fsp3) is 0.833. The number of allylic oxidation sites excluding steroid dienone is 1. The standard InChI is InChI=1S/C12H22O/c1-9-5-6-11(7-8-13)10(2)12(9,3)4/h6,9-10,13H,5,7-8H2,1-4H3/t9-,10+/m1/s1. The highest BCUT2D eigenvalue weighted by atomic mass is 16.2. The molecule has 0 heterocycles. The molecule has 0 aromatic heterocycles. The summed E-state index contributed by atoms with van der Waals surface area (Å²) < 4.78 is 0. The Morgan fingerprint density at radius 3 is 2.62 bits per heavy atom. The molecule has 76 valence electrons. The summed E-state index contributed by atoms with van der Waals surface area (Å²) in [6, 6.07) is 0. The molecular weight excluding hydrogens is 160 g/mol. The van der Waals surface area contributed by atoms with Gasteiger partial charge in [0.25, 0.3) is 0 Å². The Kier molecular flexibility index (Phi) is 3.18. The lowest BCUT2D eigenvalue weighted by atomic mass is 9.63. The van der Waals surface area contributed by atoms with Gasteiger partial charge in [-0.1, -0.05) is 39.3 Å². The van der Waals surface area contributed by atoms with Crippen LogP contribution >= 0.6 is 0 Å². The van der Waals surface area contributed by atoms with Gasteiger partial charge < -0.3 is 5.11 Å². The van der Waals surface area contributed by atoms with Crippen LogP contribution in [-0.4, -0.2) is 11.7 Å². The first kappa shape index (κ1) is 10.8. The summed E-state index contributed by atoms with van der Waals surface area (Å²) in [6.07, 6.45) is 4.36. The van der Waals surface area contributed by atoms with Gasteiger partial charge in [-0.3, -0.25) is 0 Å². The van der Waals surface area contributed by atoms with Crippen molar-refractivity contribution in [3.8, 4) is 0 Å². The third-order valence-corrected chi connectivity index (χ3v) is 4.08. The van der Waals surface area contributed by atoms with Crippen LogP contribution in [0.3, 0.4) is 0 Å². The van der Waals surface area contributed by atoms with E-state index in [0.29, 0.717) is 17.9 Å². The molecule has 0 radical (unpaired) electrons. The monoisotopic (exact) mass is 182 g/mol. The van der Waals surface area contributed by atoms with Crippen LogP contribution in [0.2, 0.25) is 0 Å². The van der Waals surface area contributed by atoms with Crippen LogP contribution in [0.4, 0.5) is 0 Å². The molecule has 0 aromatic rings. The number of hydrogen-bond acceptors (Lipinski definition) is 1. The molecule has 1 nitrogen and oxygen atoms in total. The number of rotatable bonds is 2. The lowest BCUT2D eigenvalue weighted by Gasteiger charge is -2.42. The van der Waals surface area contributed by atoms with Gasteiger partial charge in [-0.25, -0.2) is 0 Å². The minimum Gasteiger partial charge on any atom is -0.396 e. The molecule has 0 bridgehead atoms. The van der Waals surface area contributed by atoms with E-state index in [0.717, 1.165) is 12.3 Å². The van der Waals surface area contributed by atoms with E-state index >= 15 is 0 Å². The van der Waals surface area contributed by atoms with Gasteiger partial charge in [0, 0.05) is 6.61 Å². The zero-order chi connectivity index (χ0) is 10.1. The maximum atomic E-state index is 8.93. The minimum absolute atomic E-state index is 0.292. The van der Waals surface area contributed by atoms with Crippen LogP contribution in [0.15, 0.2) is 11.6 Å². The lowest BCUT2D eigenvalue weighted by molar-refractivity contribution is 0.143. The highest BCUT2D eigenvalue weighted by Crippen LogP contribution is 2.45. The molecule has 2 atom stereocenters. The lowest BCUT2D eigenvalue weighted by Crippen LogP contribution is -2.33. The quantitative estimate of drug-likeness (QED) is 0.651. The number of aliphatic hydroxyl groups is 1. The Morgan fingerprint density at radius 1 is 1.46 bits per heavy atom. The van der Waals surface area contributed by atoms with Crippen molar-refractivity contribution in [3.05, 3.63) is 11.6 Å². The van der Waals surface area contributed by atoms with Crippen LogP contribution in [0.25, 0.3) is 0 Å². The maximum absolute atomic E-state index is 8.93. The van der Waals surface area contributed by atoms with Crippen LogP contribution in [0, 0.1) is 17.3 Å². The van der Waals surface area contributed by atoms with Crippen LogP contribution in [0.5, 0.6) is 0 Å². The summed E-state index contributed by atoms with van der Waals surface area (Å²) in [5, 5.41) is 8.93. The van der Waals surface area contributed by atoms with Crippen molar-refractivity contribution in [1.82, 2.24) is 0 Å². The molecule has 0 fully saturated rings. The van der Waals surface area contributed by atoms with E-state index in [4.69, 9.17) is 5.11 Å². The van der Waals surface area contributed by atoms with E-state index in [-0.39, 0.29) is 0 Å². The molecule has 0 aromatic carbocycles. The highest BCUT2D eigenvalue weighted by molar-refractivity contribution is 5.14. The highest BCUT2D eigenvalue weighted by Gasteiger charge is 2.35. The molecule has 0 amide bonds. The van der Waals surface area contributed by atoms with Gasteiger partial charge in [0.05, 0.1) is 0 Å². The molecule has 0 saturated heterocycles. The van der Waals surface area contributed by atoms with E-state index in [1.807, 2.05) is 0 Å². The maximum Gasteiger partial charge on any atom is 0.0468 e. The topological polar surface area (TPSA) is 20.2 Å². The summed E-state index contributed by atoms with van der Waals surface area (Å²) in [4.78, 5) is 0. The first-order valence-corrected chi connectivity index (χ1v) is 5.30. The second kappa shape index (κ2) is 3.83. The van der Waals surface area contributed by atoms with Crippen LogP contribution in [0.1, 0.15) is 40.5 Å². The SMILES string of the molecule is C[C@@H]1CC=C(CCO)[C@H](C)C1(C)C. The predicted molar refractivity (Wildman–Crippen MR) is 56.5 cm³/mol. The summed E-state index contributed by atoms with van der Waals surface area (Å²) >= 11 is 0. The van der Waals surface area contributed by atoms with E-state index in [1.165, 1.54) is 12.0 Å². The largest absolute Gasteiger partial charge is 0.396 e. The van der Waals surface area contributed by atoms with Crippen LogP contribution < -0.4 is 0 Å². The normalized spacial score (nSPS) is 32.8. The molecule has 1 rings (SSSR count). The first-order valence-electron chi connectivity index (χ1n) is 5.30. The molecule has 0 spiro atoms. The fourth-order valence-electron chi connectivity index (χ4n) is 2.16.